The van der Waals surface area contributed by atoms with Gasteiger partial charge in [0.05, 0.1) is 11.4 Å². The molecule has 1 rings (SSSR count). The first-order chi connectivity index (χ1) is 9.31. The van der Waals surface area contributed by atoms with Gasteiger partial charge in [-0.25, -0.2) is 4.39 Å². The van der Waals surface area contributed by atoms with E-state index in [-0.39, 0.29) is 48.0 Å². The summed E-state index contributed by atoms with van der Waals surface area (Å²) in [5.41, 5.74) is 0.690. The summed E-state index contributed by atoms with van der Waals surface area (Å²) in [4.78, 5) is 3.78. The maximum absolute atomic E-state index is 12.9. The van der Waals surface area contributed by atoms with E-state index in [2.05, 4.69) is 15.6 Å². The number of guanidine groups is 1. The Morgan fingerprint density at radius 1 is 1.29 bits per heavy atom. The third kappa shape index (κ3) is 8.30. The van der Waals surface area contributed by atoms with Crippen molar-refractivity contribution < 1.29 is 17.6 Å². The monoisotopic (exact) mass is 439 g/mol. The second kappa shape index (κ2) is 9.29. The lowest BCUT2D eigenvalue weighted by Gasteiger charge is -2.13. The lowest BCUT2D eigenvalue weighted by molar-refractivity contribution is -0.132. The van der Waals surface area contributed by atoms with E-state index in [0.29, 0.717) is 5.56 Å². The molecule has 9 heteroatoms. The van der Waals surface area contributed by atoms with Crippen LogP contribution in [0.3, 0.4) is 0 Å². The Hall–Kier alpha value is -0.770. The minimum atomic E-state index is -4.21. The maximum Gasteiger partial charge on any atom is 0.390 e. The summed E-state index contributed by atoms with van der Waals surface area (Å²) in [7, 11) is 1.45. The van der Waals surface area contributed by atoms with E-state index in [1.54, 1.807) is 0 Å². The maximum atomic E-state index is 12.9. The highest BCUT2D eigenvalue weighted by atomic mass is 127. The van der Waals surface area contributed by atoms with Crippen LogP contribution in [0.5, 0.6) is 0 Å². The summed E-state index contributed by atoms with van der Waals surface area (Å²) in [6.07, 6.45) is -5.16. The lowest BCUT2D eigenvalue weighted by atomic mass is 10.2. The third-order valence-corrected chi connectivity index (χ3v) is 2.66. The van der Waals surface area contributed by atoms with Crippen molar-refractivity contribution in [2.24, 2.45) is 4.99 Å². The molecule has 2 N–H and O–H groups in total. The van der Waals surface area contributed by atoms with Crippen LogP contribution >= 0.6 is 35.6 Å². The van der Waals surface area contributed by atoms with Gasteiger partial charge in [0.2, 0.25) is 0 Å². The first-order valence-electron chi connectivity index (χ1n) is 5.77. The second-order valence-electron chi connectivity index (χ2n) is 3.97. The summed E-state index contributed by atoms with van der Waals surface area (Å²) >= 11 is 5.62. The molecule has 0 saturated heterocycles. The molecule has 0 aromatic heterocycles. The zero-order chi connectivity index (χ0) is 15.2. The van der Waals surface area contributed by atoms with Crippen molar-refractivity contribution >= 4 is 41.5 Å². The summed E-state index contributed by atoms with van der Waals surface area (Å²) in [6.45, 7) is -0.000954. The minimum absolute atomic E-state index is 0. The van der Waals surface area contributed by atoms with E-state index in [1.807, 2.05) is 0 Å². The summed E-state index contributed by atoms with van der Waals surface area (Å²) < 4.78 is 48.9. The van der Waals surface area contributed by atoms with E-state index in [0.717, 1.165) is 0 Å². The summed E-state index contributed by atoms with van der Waals surface area (Å²) in [5, 5.41) is 5.33. The summed E-state index contributed by atoms with van der Waals surface area (Å²) in [5.74, 6) is -0.294. The molecule has 0 fully saturated rings. The standard InChI is InChI=1S/C12H14ClF4N3.HI/c1-18-11(19-5-4-12(15,16)17)20-7-8-2-3-10(14)9(13)6-8;/h2-3,6H,4-5,7H2,1H3,(H2,18,19,20);1H. The van der Waals surface area contributed by atoms with E-state index in [4.69, 9.17) is 11.6 Å². The number of aliphatic imine (C=N–C) groups is 1. The van der Waals surface area contributed by atoms with Crippen LogP contribution in [0.15, 0.2) is 23.2 Å². The Morgan fingerprint density at radius 3 is 2.48 bits per heavy atom. The molecule has 0 saturated carbocycles. The largest absolute Gasteiger partial charge is 0.390 e. The Kier molecular flexibility index (Phi) is 8.95. The van der Waals surface area contributed by atoms with Crippen LogP contribution in [0.2, 0.25) is 5.02 Å². The minimum Gasteiger partial charge on any atom is -0.356 e. The Morgan fingerprint density at radius 2 is 1.95 bits per heavy atom. The van der Waals surface area contributed by atoms with Crippen molar-refractivity contribution in [1.82, 2.24) is 10.6 Å². The predicted octanol–water partition coefficient (Wildman–Crippen LogP) is 3.71. The molecular formula is C12H15ClF4IN3. The fourth-order valence-electron chi connectivity index (χ4n) is 1.38. The smallest absolute Gasteiger partial charge is 0.356 e. The molecule has 0 unspecified atom stereocenters. The topological polar surface area (TPSA) is 36.4 Å². The van der Waals surface area contributed by atoms with Crippen molar-refractivity contribution in [1.29, 1.82) is 0 Å². The van der Waals surface area contributed by atoms with Gasteiger partial charge in [0.1, 0.15) is 5.82 Å². The van der Waals surface area contributed by atoms with Crippen molar-refractivity contribution in [2.75, 3.05) is 13.6 Å². The lowest BCUT2D eigenvalue weighted by Crippen LogP contribution is -2.38. The number of alkyl halides is 3. The van der Waals surface area contributed by atoms with Gasteiger partial charge in [0.15, 0.2) is 5.96 Å². The number of hydrogen-bond donors (Lipinski definition) is 2. The van der Waals surface area contributed by atoms with Gasteiger partial charge in [-0.1, -0.05) is 17.7 Å². The van der Waals surface area contributed by atoms with Crippen LogP contribution in [0.25, 0.3) is 0 Å². The SMILES string of the molecule is CN=C(NCCC(F)(F)F)NCc1ccc(F)c(Cl)c1.I. The fraction of sp³-hybridized carbons (Fsp3) is 0.417. The Bertz CT molecular complexity index is 480. The van der Waals surface area contributed by atoms with Crippen LogP contribution in [0.1, 0.15) is 12.0 Å². The van der Waals surface area contributed by atoms with Gasteiger partial charge in [-0.2, -0.15) is 13.2 Å². The van der Waals surface area contributed by atoms with Gasteiger partial charge in [-0.15, -0.1) is 24.0 Å². The molecule has 0 spiro atoms. The normalized spacial score (nSPS) is 11.8. The highest BCUT2D eigenvalue weighted by Crippen LogP contribution is 2.18. The molecule has 1 aromatic rings. The molecule has 0 atom stereocenters. The second-order valence-corrected chi connectivity index (χ2v) is 4.37. The van der Waals surface area contributed by atoms with Crippen LogP contribution in [0.4, 0.5) is 17.6 Å². The highest BCUT2D eigenvalue weighted by Gasteiger charge is 2.26. The molecular weight excluding hydrogens is 425 g/mol. The molecule has 1 aromatic carbocycles. The Labute approximate surface area is 142 Å². The van der Waals surface area contributed by atoms with Crippen LogP contribution < -0.4 is 10.6 Å². The Balaban J connectivity index is 0.00000400. The van der Waals surface area contributed by atoms with Crippen molar-refractivity contribution in [3.8, 4) is 0 Å². The number of hydrogen-bond acceptors (Lipinski definition) is 1. The van der Waals surface area contributed by atoms with Gasteiger partial charge < -0.3 is 10.6 Å². The molecule has 0 aliphatic carbocycles. The molecule has 0 aliphatic heterocycles. The molecule has 0 aliphatic rings. The van der Waals surface area contributed by atoms with Crippen molar-refractivity contribution in [3.05, 3.63) is 34.6 Å². The van der Waals surface area contributed by atoms with Gasteiger partial charge in [0, 0.05) is 20.1 Å². The highest BCUT2D eigenvalue weighted by molar-refractivity contribution is 14.0. The number of halogens is 6. The van der Waals surface area contributed by atoms with E-state index in [1.165, 1.54) is 25.2 Å². The van der Waals surface area contributed by atoms with Gasteiger partial charge >= 0.3 is 6.18 Å². The fourth-order valence-corrected chi connectivity index (χ4v) is 1.58. The number of nitrogens with zero attached hydrogens (tertiary/aromatic N) is 1. The van der Waals surface area contributed by atoms with E-state index >= 15 is 0 Å². The number of nitrogens with one attached hydrogen (secondary N) is 2. The third-order valence-electron chi connectivity index (χ3n) is 2.37. The average molecular weight is 440 g/mol. The average Bonchev–Trinajstić information content (AvgIpc) is 2.36. The van der Waals surface area contributed by atoms with E-state index in [9.17, 15) is 17.6 Å². The van der Waals surface area contributed by atoms with Gasteiger partial charge in [-0.05, 0) is 17.7 Å². The van der Waals surface area contributed by atoms with Gasteiger partial charge in [-0.3, -0.25) is 4.99 Å². The van der Waals surface area contributed by atoms with Crippen molar-refractivity contribution in [3.63, 3.8) is 0 Å². The molecule has 21 heavy (non-hydrogen) atoms. The predicted molar refractivity (Wildman–Crippen MR) is 85.7 cm³/mol. The van der Waals surface area contributed by atoms with Crippen LogP contribution in [0, 0.1) is 5.82 Å². The van der Waals surface area contributed by atoms with Crippen LogP contribution in [-0.2, 0) is 6.54 Å². The number of rotatable bonds is 4. The summed E-state index contributed by atoms with van der Waals surface area (Å²) in [6, 6.07) is 4.18. The van der Waals surface area contributed by atoms with Gasteiger partial charge in [0.25, 0.3) is 0 Å². The zero-order valence-electron chi connectivity index (χ0n) is 11.1. The van der Waals surface area contributed by atoms with Crippen molar-refractivity contribution in [2.45, 2.75) is 19.1 Å². The quantitative estimate of drug-likeness (QED) is 0.325. The van der Waals surface area contributed by atoms with Crippen LogP contribution in [-0.4, -0.2) is 25.7 Å². The first kappa shape index (κ1) is 20.2. The first-order valence-corrected chi connectivity index (χ1v) is 6.15. The molecule has 0 amide bonds. The molecule has 0 radical (unpaired) electrons. The molecule has 0 bridgehead atoms. The molecule has 120 valence electrons. The van der Waals surface area contributed by atoms with E-state index < -0.39 is 18.4 Å². The number of benzene rings is 1. The zero-order valence-corrected chi connectivity index (χ0v) is 14.2. The molecule has 0 heterocycles. The molecule has 3 nitrogen and oxygen atoms in total.